The molecular weight excluding hydrogens is 304 g/mol. The van der Waals surface area contributed by atoms with E-state index in [1.807, 2.05) is 54.6 Å². The highest BCUT2D eigenvalue weighted by Gasteiger charge is 2.52. The smallest absolute Gasteiger partial charge is 0.315 e. The van der Waals surface area contributed by atoms with Gasteiger partial charge in [0.15, 0.2) is 0 Å². The lowest BCUT2D eigenvalue weighted by molar-refractivity contribution is -0.153. The number of carbonyl (C=O) groups excluding carboxylic acids is 2. The summed E-state index contributed by atoms with van der Waals surface area (Å²) in [5.41, 5.74) is -0.626. The highest BCUT2D eigenvalue weighted by molar-refractivity contribution is 5.90. The molecule has 4 rings (SSSR count). The van der Waals surface area contributed by atoms with Crippen molar-refractivity contribution < 1.29 is 19.1 Å². The van der Waals surface area contributed by atoms with E-state index < -0.39 is 5.60 Å². The van der Waals surface area contributed by atoms with Gasteiger partial charge < -0.3 is 9.47 Å². The zero-order valence-electron chi connectivity index (χ0n) is 13.4. The third-order valence-electron chi connectivity index (χ3n) is 4.92. The lowest BCUT2D eigenvalue weighted by Crippen LogP contribution is -2.31. The van der Waals surface area contributed by atoms with Crippen molar-refractivity contribution in [1.82, 2.24) is 0 Å². The number of hydrogen-bond donors (Lipinski definition) is 0. The number of fused-ring (bicyclic) bond motifs is 3. The maximum absolute atomic E-state index is 12.7. The van der Waals surface area contributed by atoms with Crippen LogP contribution in [0.15, 0.2) is 54.6 Å². The molecule has 1 fully saturated rings. The first kappa shape index (κ1) is 14.9. The number of allylic oxidation sites excluding steroid dienone is 1. The molecule has 122 valence electrons. The van der Waals surface area contributed by atoms with E-state index in [1.54, 1.807) is 0 Å². The Morgan fingerprint density at radius 2 is 1.88 bits per heavy atom. The van der Waals surface area contributed by atoms with Crippen LogP contribution in [0.3, 0.4) is 0 Å². The van der Waals surface area contributed by atoms with Crippen molar-refractivity contribution in [3.05, 3.63) is 54.6 Å². The lowest BCUT2D eigenvalue weighted by Gasteiger charge is -2.25. The first-order valence-electron chi connectivity index (χ1n) is 8.15. The second kappa shape index (κ2) is 5.48. The molecule has 3 atom stereocenters. The van der Waals surface area contributed by atoms with Crippen LogP contribution < -0.4 is 4.74 Å². The summed E-state index contributed by atoms with van der Waals surface area (Å²) >= 11 is 0. The number of carbonyl (C=O) groups is 2. The van der Waals surface area contributed by atoms with Crippen LogP contribution in [0.2, 0.25) is 0 Å². The maximum Gasteiger partial charge on any atom is 0.315 e. The SMILES string of the molecule is CC(=O)OC12C=CC(C1)C(C(=O)Oc1cccc3ccccc13)C2. The maximum atomic E-state index is 12.7. The Morgan fingerprint density at radius 1 is 1.08 bits per heavy atom. The Bertz CT molecular complexity index is 848. The molecule has 0 spiro atoms. The van der Waals surface area contributed by atoms with Gasteiger partial charge in [-0.05, 0) is 29.9 Å². The summed E-state index contributed by atoms with van der Waals surface area (Å²) in [5.74, 6) is -0.190. The fraction of sp³-hybridized carbons (Fsp3) is 0.300. The first-order chi connectivity index (χ1) is 11.6. The summed E-state index contributed by atoms with van der Waals surface area (Å²) in [6.45, 7) is 1.40. The van der Waals surface area contributed by atoms with Crippen molar-refractivity contribution >= 4 is 22.7 Å². The van der Waals surface area contributed by atoms with Gasteiger partial charge in [0.2, 0.25) is 0 Å². The third kappa shape index (κ3) is 2.48. The average Bonchev–Trinajstić information content (AvgIpc) is 3.12. The highest BCUT2D eigenvalue weighted by atomic mass is 16.6. The molecule has 3 unspecified atom stereocenters. The quantitative estimate of drug-likeness (QED) is 0.492. The van der Waals surface area contributed by atoms with E-state index in [0.29, 0.717) is 18.6 Å². The fourth-order valence-electron chi connectivity index (χ4n) is 3.92. The summed E-state index contributed by atoms with van der Waals surface area (Å²) in [5, 5.41) is 1.95. The highest BCUT2D eigenvalue weighted by Crippen LogP contribution is 2.49. The Labute approximate surface area is 140 Å². The molecule has 0 aromatic heterocycles. The van der Waals surface area contributed by atoms with Gasteiger partial charge in [-0.3, -0.25) is 9.59 Å². The van der Waals surface area contributed by atoms with E-state index in [2.05, 4.69) is 0 Å². The van der Waals surface area contributed by atoms with Crippen LogP contribution in [0, 0.1) is 11.8 Å². The van der Waals surface area contributed by atoms with Crippen molar-refractivity contribution in [2.45, 2.75) is 25.4 Å². The minimum atomic E-state index is -0.626. The summed E-state index contributed by atoms with van der Waals surface area (Å²) in [6, 6.07) is 13.5. The Hall–Kier alpha value is -2.62. The van der Waals surface area contributed by atoms with Gasteiger partial charge in [-0.15, -0.1) is 0 Å². The Balaban J connectivity index is 1.55. The molecule has 2 aromatic carbocycles. The summed E-state index contributed by atoms with van der Waals surface area (Å²) in [7, 11) is 0. The van der Waals surface area contributed by atoms with Crippen molar-refractivity contribution in [1.29, 1.82) is 0 Å². The standard InChI is InChI=1S/C20H18O4/c1-13(21)24-20-10-9-15(11-20)17(12-20)19(22)23-18-8-4-6-14-5-2-3-7-16(14)18/h2-10,15,17H,11-12H2,1H3. The van der Waals surface area contributed by atoms with Crippen LogP contribution in [0.1, 0.15) is 19.8 Å². The molecule has 0 heterocycles. The van der Waals surface area contributed by atoms with Gasteiger partial charge >= 0.3 is 11.9 Å². The molecule has 4 heteroatoms. The van der Waals surface area contributed by atoms with E-state index in [4.69, 9.17) is 9.47 Å². The number of rotatable bonds is 3. The molecule has 1 saturated carbocycles. The van der Waals surface area contributed by atoms with Crippen LogP contribution in [-0.4, -0.2) is 17.5 Å². The van der Waals surface area contributed by atoms with Crippen molar-refractivity contribution in [2.75, 3.05) is 0 Å². The fourth-order valence-corrected chi connectivity index (χ4v) is 3.92. The molecule has 0 N–H and O–H groups in total. The molecule has 0 aliphatic heterocycles. The van der Waals surface area contributed by atoms with Gasteiger partial charge in [-0.2, -0.15) is 0 Å². The predicted molar refractivity (Wildman–Crippen MR) is 89.4 cm³/mol. The second-order valence-electron chi connectivity index (χ2n) is 6.59. The first-order valence-corrected chi connectivity index (χ1v) is 8.15. The predicted octanol–water partition coefficient (Wildman–Crippen LogP) is 3.64. The van der Waals surface area contributed by atoms with Crippen LogP contribution in [0.4, 0.5) is 0 Å². The molecule has 24 heavy (non-hydrogen) atoms. The molecule has 2 aromatic rings. The zero-order chi connectivity index (χ0) is 16.7. The third-order valence-corrected chi connectivity index (χ3v) is 4.92. The van der Waals surface area contributed by atoms with E-state index in [0.717, 1.165) is 10.8 Å². The molecule has 0 amide bonds. The van der Waals surface area contributed by atoms with Gasteiger partial charge in [-0.1, -0.05) is 42.5 Å². The van der Waals surface area contributed by atoms with Gasteiger partial charge in [0.25, 0.3) is 0 Å². The largest absolute Gasteiger partial charge is 0.455 e. The molecule has 2 aliphatic rings. The normalized spacial score (nSPS) is 27.4. The number of hydrogen-bond acceptors (Lipinski definition) is 4. The molecule has 2 aliphatic carbocycles. The average molecular weight is 322 g/mol. The molecular formula is C20H18O4. The monoisotopic (exact) mass is 322 g/mol. The van der Waals surface area contributed by atoms with Crippen LogP contribution in [0.5, 0.6) is 5.75 Å². The van der Waals surface area contributed by atoms with Crippen LogP contribution in [0.25, 0.3) is 10.8 Å². The summed E-state index contributed by atoms with van der Waals surface area (Å²) < 4.78 is 11.2. The van der Waals surface area contributed by atoms with E-state index in [-0.39, 0.29) is 23.8 Å². The van der Waals surface area contributed by atoms with Gasteiger partial charge in [0.05, 0.1) is 5.92 Å². The van der Waals surface area contributed by atoms with E-state index in [9.17, 15) is 9.59 Å². The lowest BCUT2D eigenvalue weighted by atomic mass is 9.92. The van der Waals surface area contributed by atoms with E-state index in [1.165, 1.54) is 6.92 Å². The zero-order valence-corrected chi connectivity index (χ0v) is 13.4. The molecule has 0 saturated heterocycles. The Kier molecular flexibility index (Phi) is 3.41. The Morgan fingerprint density at radius 3 is 2.71 bits per heavy atom. The molecule has 2 bridgehead atoms. The van der Waals surface area contributed by atoms with Gasteiger partial charge in [-0.25, -0.2) is 0 Å². The minimum Gasteiger partial charge on any atom is -0.455 e. The van der Waals surface area contributed by atoms with Crippen molar-refractivity contribution in [3.63, 3.8) is 0 Å². The summed E-state index contributed by atoms with van der Waals surface area (Å²) in [4.78, 5) is 24.0. The van der Waals surface area contributed by atoms with Crippen molar-refractivity contribution in [3.8, 4) is 5.75 Å². The molecule has 4 nitrogen and oxygen atoms in total. The van der Waals surface area contributed by atoms with Crippen LogP contribution in [-0.2, 0) is 14.3 Å². The second-order valence-corrected chi connectivity index (χ2v) is 6.59. The topological polar surface area (TPSA) is 52.6 Å². The van der Waals surface area contributed by atoms with Crippen molar-refractivity contribution in [2.24, 2.45) is 11.8 Å². The number of esters is 2. The minimum absolute atomic E-state index is 0.0758. The summed E-state index contributed by atoms with van der Waals surface area (Å²) in [6.07, 6.45) is 5.06. The van der Waals surface area contributed by atoms with Gasteiger partial charge in [0.1, 0.15) is 11.4 Å². The molecule has 0 radical (unpaired) electrons. The van der Waals surface area contributed by atoms with Crippen LogP contribution >= 0.6 is 0 Å². The number of ether oxygens (including phenoxy) is 2. The number of benzene rings is 2. The van der Waals surface area contributed by atoms with Gasteiger partial charge in [0, 0.05) is 18.7 Å². The van der Waals surface area contributed by atoms with E-state index >= 15 is 0 Å².